The predicted molar refractivity (Wildman–Crippen MR) is 115 cm³/mol. The summed E-state index contributed by atoms with van der Waals surface area (Å²) in [5, 5.41) is 6.58. The first kappa shape index (κ1) is 23.5. The third-order valence-corrected chi connectivity index (χ3v) is 3.47. The lowest BCUT2D eigenvalue weighted by atomic mass is 10.1. The van der Waals surface area contributed by atoms with Crippen molar-refractivity contribution in [3.63, 3.8) is 0 Å². The molecule has 0 aliphatic heterocycles. The molecule has 1 rings (SSSR count). The van der Waals surface area contributed by atoms with Gasteiger partial charge in [-0.2, -0.15) is 0 Å². The fourth-order valence-corrected chi connectivity index (χ4v) is 1.88. The van der Waals surface area contributed by atoms with Gasteiger partial charge in [-0.15, -0.1) is 30.4 Å². The molecule has 1 aromatic carbocycles. The number of guanidine groups is 1. The fraction of sp³-hybridized carbons (Fsp3) is 0.526. The highest BCUT2D eigenvalue weighted by atomic mass is 127. The van der Waals surface area contributed by atoms with E-state index in [4.69, 9.17) is 15.9 Å². The zero-order chi connectivity index (χ0) is 17.8. The standard InChI is InChI=1S/C19H29N3O2.HI/c1-6-14-24-17-10-8-16(9-11-17)12-13-21-18(20-7-2)22-15-19(3,4)23-5;/h1,8-11H,7,12-15H2,2-5H3,(H2,20,21,22);1H. The number of methoxy groups -OCH3 is 1. The van der Waals surface area contributed by atoms with Crippen LogP contribution in [0, 0.1) is 12.3 Å². The smallest absolute Gasteiger partial charge is 0.191 e. The largest absolute Gasteiger partial charge is 0.481 e. The molecule has 0 radical (unpaired) electrons. The third-order valence-electron chi connectivity index (χ3n) is 3.47. The van der Waals surface area contributed by atoms with Gasteiger partial charge in [-0.25, -0.2) is 0 Å². The number of halogens is 1. The van der Waals surface area contributed by atoms with Gasteiger partial charge in [0.25, 0.3) is 0 Å². The van der Waals surface area contributed by atoms with Crippen molar-refractivity contribution in [2.24, 2.45) is 4.99 Å². The van der Waals surface area contributed by atoms with Gasteiger partial charge in [0, 0.05) is 20.2 Å². The average molecular weight is 459 g/mol. The van der Waals surface area contributed by atoms with Crippen molar-refractivity contribution < 1.29 is 9.47 Å². The summed E-state index contributed by atoms with van der Waals surface area (Å²) in [6.07, 6.45) is 6.07. The Morgan fingerprint density at radius 3 is 2.48 bits per heavy atom. The SMILES string of the molecule is C#CCOc1ccc(CCNC(=NCC(C)(C)OC)NCC)cc1.I. The average Bonchev–Trinajstić information content (AvgIpc) is 2.59. The van der Waals surface area contributed by atoms with Crippen molar-refractivity contribution >= 4 is 29.9 Å². The minimum atomic E-state index is -0.267. The van der Waals surface area contributed by atoms with Crippen molar-refractivity contribution in [1.82, 2.24) is 10.6 Å². The molecule has 0 unspecified atom stereocenters. The first-order valence-corrected chi connectivity index (χ1v) is 8.23. The zero-order valence-electron chi connectivity index (χ0n) is 15.6. The number of aliphatic imine (C=N–C) groups is 1. The summed E-state index contributed by atoms with van der Waals surface area (Å²) < 4.78 is 10.8. The second-order valence-electron chi connectivity index (χ2n) is 5.97. The van der Waals surface area contributed by atoms with Crippen LogP contribution in [0.5, 0.6) is 5.75 Å². The number of benzene rings is 1. The Balaban J connectivity index is 0.00000576. The van der Waals surface area contributed by atoms with Crippen LogP contribution in [0.3, 0.4) is 0 Å². The molecule has 0 saturated carbocycles. The van der Waals surface area contributed by atoms with Crippen LogP contribution in [-0.4, -0.2) is 44.9 Å². The normalized spacial score (nSPS) is 11.2. The summed E-state index contributed by atoms with van der Waals surface area (Å²) >= 11 is 0. The van der Waals surface area contributed by atoms with Crippen LogP contribution in [0.25, 0.3) is 0 Å². The molecule has 0 aliphatic rings. The van der Waals surface area contributed by atoms with Gasteiger partial charge in [0.15, 0.2) is 5.96 Å². The Hall–Kier alpha value is -1.46. The van der Waals surface area contributed by atoms with E-state index in [1.54, 1.807) is 7.11 Å². The second kappa shape index (κ2) is 12.8. The highest BCUT2D eigenvalue weighted by Gasteiger charge is 2.15. The van der Waals surface area contributed by atoms with E-state index in [1.165, 1.54) is 5.56 Å². The quantitative estimate of drug-likeness (QED) is 0.258. The van der Waals surface area contributed by atoms with Crippen molar-refractivity contribution in [2.75, 3.05) is 33.4 Å². The second-order valence-corrected chi connectivity index (χ2v) is 5.97. The van der Waals surface area contributed by atoms with E-state index in [0.717, 1.165) is 31.2 Å². The maximum atomic E-state index is 5.39. The van der Waals surface area contributed by atoms with Crippen LogP contribution >= 0.6 is 24.0 Å². The topological polar surface area (TPSA) is 54.9 Å². The summed E-state index contributed by atoms with van der Waals surface area (Å²) in [5.41, 5.74) is 0.958. The first-order chi connectivity index (χ1) is 11.5. The van der Waals surface area contributed by atoms with Crippen LogP contribution < -0.4 is 15.4 Å². The molecule has 0 spiro atoms. The Kier molecular flexibility index (Phi) is 12.1. The first-order valence-electron chi connectivity index (χ1n) is 8.23. The Labute approximate surface area is 169 Å². The summed E-state index contributed by atoms with van der Waals surface area (Å²) in [4.78, 5) is 4.57. The van der Waals surface area contributed by atoms with Crippen molar-refractivity contribution in [1.29, 1.82) is 0 Å². The zero-order valence-corrected chi connectivity index (χ0v) is 17.9. The van der Waals surface area contributed by atoms with E-state index in [-0.39, 0.29) is 29.6 Å². The molecule has 0 atom stereocenters. The molecule has 6 heteroatoms. The van der Waals surface area contributed by atoms with Gasteiger partial charge in [-0.1, -0.05) is 18.1 Å². The highest BCUT2D eigenvalue weighted by Crippen LogP contribution is 2.12. The Bertz CT molecular complexity index is 551. The van der Waals surface area contributed by atoms with Gasteiger partial charge in [0.05, 0.1) is 12.1 Å². The van der Waals surface area contributed by atoms with Crippen LogP contribution in [0.2, 0.25) is 0 Å². The number of hydrogen-bond acceptors (Lipinski definition) is 3. The van der Waals surface area contributed by atoms with Crippen LogP contribution in [0.15, 0.2) is 29.3 Å². The lowest BCUT2D eigenvalue weighted by molar-refractivity contribution is 0.0310. The van der Waals surface area contributed by atoms with E-state index in [1.807, 2.05) is 45.0 Å². The van der Waals surface area contributed by atoms with Gasteiger partial charge in [-0.3, -0.25) is 4.99 Å². The molecule has 2 N–H and O–H groups in total. The summed E-state index contributed by atoms with van der Waals surface area (Å²) in [7, 11) is 1.70. The van der Waals surface area contributed by atoms with Gasteiger partial charge < -0.3 is 20.1 Å². The maximum absolute atomic E-state index is 5.39. The fourth-order valence-electron chi connectivity index (χ4n) is 1.88. The molecular weight excluding hydrogens is 429 g/mol. The Morgan fingerprint density at radius 1 is 1.24 bits per heavy atom. The molecule has 0 fully saturated rings. The summed E-state index contributed by atoms with van der Waals surface area (Å²) in [6.45, 7) is 8.59. The van der Waals surface area contributed by atoms with E-state index in [9.17, 15) is 0 Å². The minimum Gasteiger partial charge on any atom is -0.481 e. The highest BCUT2D eigenvalue weighted by molar-refractivity contribution is 14.0. The number of terminal acetylenes is 1. The molecule has 0 bridgehead atoms. The number of hydrogen-bond donors (Lipinski definition) is 2. The monoisotopic (exact) mass is 459 g/mol. The number of rotatable bonds is 9. The lowest BCUT2D eigenvalue weighted by Crippen LogP contribution is -2.40. The third kappa shape index (κ3) is 10.2. The molecule has 0 amide bonds. The Morgan fingerprint density at radius 2 is 1.92 bits per heavy atom. The number of ether oxygens (including phenoxy) is 2. The van der Waals surface area contributed by atoms with Crippen LogP contribution in [0.1, 0.15) is 26.3 Å². The van der Waals surface area contributed by atoms with E-state index in [2.05, 4.69) is 21.5 Å². The molecule has 140 valence electrons. The van der Waals surface area contributed by atoms with Crippen molar-refractivity contribution in [3.8, 4) is 18.1 Å². The minimum absolute atomic E-state index is 0. The van der Waals surface area contributed by atoms with Crippen molar-refractivity contribution in [3.05, 3.63) is 29.8 Å². The van der Waals surface area contributed by atoms with E-state index >= 15 is 0 Å². The molecule has 0 aromatic heterocycles. The molecule has 5 nitrogen and oxygen atoms in total. The summed E-state index contributed by atoms with van der Waals surface area (Å²) in [5.74, 6) is 4.05. The van der Waals surface area contributed by atoms with Crippen LogP contribution in [-0.2, 0) is 11.2 Å². The van der Waals surface area contributed by atoms with Gasteiger partial charge >= 0.3 is 0 Å². The molecular formula is C19H30IN3O2. The molecule has 0 heterocycles. The summed E-state index contributed by atoms with van der Waals surface area (Å²) in [6, 6.07) is 7.97. The van der Waals surface area contributed by atoms with E-state index < -0.39 is 0 Å². The van der Waals surface area contributed by atoms with Gasteiger partial charge in [0.1, 0.15) is 12.4 Å². The van der Waals surface area contributed by atoms with Crippen molar-refractivity contribution in [2.45, 2.75) is 32.8 Å². The maximum Gasteiger partial charge on any atom is 0.191 e. The van der Waals surface area contributed by atoms with Gasteiger partial charge in [-0.05, 0) is 44.9 Å². The number of nitrogens with zero attached hydrogens (tertiary/aromatic N) is 1. The van der Waals surface area contributed by atoms with Crippen LogP contribution in [0.4, 0.5) is 0 Å². The number of nitrogens with one attached hydrogen (secondary N) is 2. The molecule has 0 aliphatic carbocycles. The van der Waals surface area contributed by atoms with E-state index in [0.29, 0.717) is 13.2 Å². The van der Waals surface area contributed by atoms with Gasteiger partial charge in [0.2, 0.25) is 0 Å². The molecule has 0 saturated heterocycles. The molecule has 1 aromatic rings. The molecule has 25 heavy (non-hydrogen) atoms. The lowest BCUT2D eigenvalue weighted by Gasteiger charge is -2.21. The predicted octanol–water partition coefficient (Wildman–Crippen LogP) is 2.84.